The monoisotopic (exact) mass is 306 g/mol. The standard InChI is InChI=1S/C15H15ClN2O3/c16-10-4-5-12-9(7-10)8-13(21-12)15(20)18-11-3-1-2-6-17-14(11)19/h4-5,7-8,11H,1-3,6H2,(H,17,19)(H,18,20)/t11-/m1/s1. The number of furan rings is 1. The summed E-state index contributed by atoms with van der Waals surface area (Å²) in [4.78, 5) is 24.0. The molecule has 0 unspecified atom stereocenters. The van der Waals surface area contributed by atoms with Gasteiger partial charge < -0.3 is 15.1 Å². The summed E-state index contributed by atoms with van der Waals surface area (Å²) in [6, 6.07) is 6.28. The summed E-state index contributed by atoms with van der Waals surface area (Å²) in [6.07, 6.45) is 2.48. The van der Waals surface area contributed by atoms with Gasteiger partial charge in [-0.3, -0.25) is 9.59 Å². The van der Waals surface area contributed by atoms with Crippen LogP contribution < -0.4 is 10.6 Å². The molecule has 2 aromatic rings. The van der Waals surface area contributed by atoms with Crippen LogP contribution in [0, 0.1) is 0 Å². The molecule has 2 N–H and O–H groups in total. The molecule has 1 aliphatic heterocycles. The van der Waals surface area contributed by atoms with Gasteiger partial charge in [0.05, 0.1) is 0 Å². The van der Waals surface area contributed by atoms with Crippen molar-refractivity contribution in [2.45, 2.75) is 25.3 Å². The quantitative estimate of drug-likeness (QED) is 0.895. The Hall–Kier alpha value is -2.01. The minimum absolute atomic E-state index is 0.139. The molecule has 1 saturated heterocycles. The number of carbonyl (C=O) groups is 2. The Morgan fingerprint density at radius 1 is 1.33 bits per heavy atom. The summed E-state index contributed by atoms with van der Waals surface area (Å²) in [5, 5.41) is 6.85. The first-order chi connectivity index (χ1) is 10.1. The predicted molar refractivity (Wildman–Crippen MR) is 79.3 cm³/mol. The fourth-order valence-electron chi connectivity index (χ4n) is 2.43. The molecular weight excluding hydrogens is 292 g/mol. The summed E-state index contributed by atoms with van der Waals surface area (Å²) in [6.45, 7) is 0.661. The summed E-state index contributed by atoms with van der Waals surface area (Å²) < 4.78 is 5.49. The van der Waals surface area contributed by atoms with E-state index in [2.05, 4.69) is 10.6 Å². The zero-order chi connectivity index (χ0) is 14.8. The lowest BCUT2D eigenvalue weighted by Gasteiger charge is -2.13. The topological polar surface area (TPSA) is 71.3 Å². The van der Waals surface area contributed by atoms with E-state index in [-0.39, 0.29) is 17.6 Å². The number of rotatable bonds is 2. The van der Waals surface area contributed by atoms with Crippen LogP contribution in [0.2, 0.25) is 5.02 Å². The molecule has 0 spiro atoms. The van der Waals surface area contributed by atoms with Crippen molar-refractivity contribution >= 4 is 34.4 Å². The van der Waals surface area contributed by atoms with Gasteiger partial charge in [0.25, 0.3) is 5.91 Å². The third-order valence-electron chi connectivity index (χ3n) is 3.54. The van der Waals surface area contributed by atoms with Crippen molar-refractivity contribution in [2.24, 2.45) is 0 Å². The molecule has 0 aliphatic carbocycles. The van der Waals surface area contributed by atoms with Crippen LogP contribution in [0.25, 0.3) is 11.0 Å². The molecule has 5 nitrogen and oxygen atoms in total. The van der Waals surface area contributed by atoms with Gasteiger partial charge in [-0.15, -0.1) is 0 Å². The molecule has 0 saturated carbocycles. The first kappa shape index (κ1) is 13.9. The van der Waals surface area contributed by atoms with E-state index in [4.69, 9.17) is 16.0 Å². The second-order valence-corrected chi connectivity index (χ2v) is 5.54. The summed E-state index contributed by atoms with van der Waals surface area (Å²) in [5.74, 6) is -0.339. The molecule has 2 amide bonds. The molecule has 1 aliphatic rings. The van der Waals surface area contributed by atoms with Crippen molar-refractivity contribution in [3.8, 4) is 0 Å². The maximum atomic E-state index is 12.2. The largest absolute Gasteiger partial charge is 0.451 e. The Balaban J connectivity index is 1.78. The summed E-state index contributed by atoms with van der Waals surface area (Å²) in [7, 11) is 0. The number of fused-ring (bicyclic) bond motifs is 1. The first-order valence-electron chi connectivity index (χ1n) is 6.91. The van der Waals surface area contributed by atoms with Crippen LogP contribution in [-0.2, 0) is 4.79 Å². The lowest BCUT2D eigenvalue weighted by molar-refractivity contribution is -0.122. The molecule has 0 radical (unpaired) electrons. The molecule has 3 rings (SSSR count). The maximum absolute atomic E-state index is 12.2. The molecule has 1 aromatic heterocycles. The van der Waals surface area contributed by atoms with Gasteiger partial charge in [0.1, 0.15) is 11.6 Å². The number of hydrogen-bond donors (Lipinski definition) is 2. The van der Waals surface area contributed by atoms with Gasteiger partial charge in [0, 0.05) is 17.0 Å². The van der Waals surface area contributed by atoms with Crippen LogP contribution in [0.3, 0.4) is 0 Å². The third kappa shape index (κ3) is 3.03. The Morgan fingerprint density at radius 3 is 3.05 bits per heavy atom. The second-order valence-electron chi connectivity index (χ2n) is 5.11. The van der Waals surface area contributed by atoms with E-state index in [0.717, 1.165) is 18.2 Å². The fraction of sp³-hybridized carbons (Fsp3) is 0.333. The number of hydrogen-bond acceptors (Lipinski definition) is 3. The van der Waals surface area contributed by atoms with Crippen molar-refractivity contribution in [1.82, 2.24) is 10.6 Å². The van der Waals surface area contributed by atoms with Crippen LogP contribution in [0.5, 0.6) is 0 Å². The highest BCUT2D eigenvalue weighted by molar-refractivity contribution is 6.31. The number of halogens is 1. The molecule has 1 atom stereocenters. The van der Waals surface area contributed by atoms with Gasteiger partial charge in [-0.2, -0.15) is 0 Å². The molecule has 0 bridgehead atoms. The number of amides is 2. The van der Waals surface area contributed by atoms with E-state index in [9.17, 15) is 9.59 Å². The zero-order valence-corrected chi connectivity index (χ0v) is 12.1. The van der Waals surface area contributed by atoms with E-state index in [1.165, 1.54) is 0 Å². The summed E-state index contributed by atoms with van der Waals surface area (Å²) in [5.41, 5.74) is 0.592. The van der Waals surface area contributed by atoms with E-state index in [1.807, 2.05) is 0 Å². The van der Waals surface area contributed by atoms with Crippen LogP contribution in [0.1, 0.15) is 29.8 Å². The second kappa shape index (κ2) is 5.77. The smallest absolute Gasteiger partial charge is 0.287 e. The van der Waals surface area contributed by atoms with Crippen molar-refractivity contribution in [2.75, 3.05) is 6.54 Å². The highest BCUT2D eigenvalue weighted by Crippen LogP contribution is 2.23. The Kier molecular flexibility index (Phi) is 3.84. The van der Waals surface area contributed by atoms with Gasteiger partial charge in [0.2, 0.25) is 5.91 Å². The molecule has 6 heteroatoms. The van der Waals surface area contributed by atoms with Crippen molar-refractivity contribution in [3.63, 3.8) is 0 Å². The van der Waals surface area contributed by atoms with E-state index in [0.29, 0.717) is 23.6 Å². The molecule has 1 fully saturated rings. The molecular formula is C15H15ClN2O3. The van der Waals surface area contributed by atoms with E-state index < -0.39 is 6.04 Å². The highest BCUT2D eigenvalue weighted by Gasteiger charge is 2.24. The molecule has 21 heavy (non-hydrogen) atoms. The van der Waals surface area contributed by atoms with E-state index in [1.54, 1.807) is 24.3 Å². The van der Waals surface area contributed by atoms with Crippen LogP contribution in [0.15, 0.2) is 28.7 Å². The lowest BCUT2D eigenvalue weighted by Crippen LogP contribution is -2.45. The Labute approximate surface area is 126 Å². The average molecular weight is 307 g/mol. The highest BCUT2D eigenvalue weighted by atomic mass is 35.5. The normalized spacial score (nSPS) is 19.1. The van der Waals surface area contributed by atoms with Crippen LogP contribution in [0.4, 0.5) is 0 Å². The van der Waals surface area contributed by atoms with Crippen molar-refractivity contribution in [3.05, 3.63) is 35.0 Å². The predicted octanol–water partition coefficient (Wildman–Crippen LogP) is 2.48. The number of carbonyl (C=O) groups excluding carboxylic acids is 2. The van der Waals surface area contributed by atoms with Crippen LogP contribution >= 0.6 is 11.6 Å². The Morgan fingerprint density at radius 2 is 2.19 bits per heavy atom. The Bertz CT molecular complexity index is 695. The maximum Gasteiger partial charge on any atom is 0.287 e. The first-order valence-corrected chi connectivity index (χ1v) is 7.29. The molecule has 110 valence electrons. The van der Waals surface area contributed by atoms with Gasteiger partial charge in [0.15, 0.2) is 5.76 Å². The van der Waals surface area contributed by atoms with Crippen LogP contribution in [-0.4, -0.2) is 24.4 Å². The summed E-state index contributed by atoms with van der Waals surface area (Å²) >= 11 is 5.91. The van der Waals surface area contributed by atoms with Gasteiger partial charge in [-0.1, -0.05) is 11.6 Å². The van der Waals surface area contributed by atoms with Crippen molar-refractivity contribution in [1.29, 1.82) is 0 Å². The minimum atomic E-state index is -0.503. The third-order valence-corrected chi connectivity index (χ3v) is 3.78. The SMILES string of the molecule is O=C(N[C@@H]1CCCCNC1=O)c1cc2cc(Cl)ccc2o1. The average Bonchev–Trinajstić information content (AvgIpc) is 2.78. The zero-order valence-electron chi connectivity index (χ0n) is 11.3. The van der Waals surface area contributed by atoms with Gasteiger partial charge in [-0.25, -0.2) is 0 Å². The van der Waals surface area contributed by atoms with E-state index >= 15 is 0 Å². The number of benzene rings is 1. The van der Waals surface area contributed by atoms with Crippen molar-refractivity contribution < 1.29 is 14.0 Å². The minimum Gasteiger partial charge on any atom is -0.451 e. The van der Waals surface area contributed by atoms with Gasteiger partial charge in [-0.05, 0) is 43.5 Å². The van der Waals surface area contributed by atoms with Gasteiger partial charge >= 0.3 is 0 Å². The molecule has 1 aromatic carbocycles. The molecule has 2 heterocycles. The number of nitrogens with one attached hydrogen (secondary N) is 2. The lowest BCUT2D eigenvalue weighted by atomic mass is 10.1. The fourth-order valence-corrected chi connectivity index (χ4v) is 2.61.